The topological polar surface area (TPSA) is 62.2 Å². The van der Waals surface area contributed by atoms with Gasteiger partial charge in [0.05, 0.1) is 31.5 Å². The predicted octanol–water partition coefficient (Wildman–Crippen LogP) is 2.63. The average molecular weight is 378 g/mol. The summed E-state index contributed by atoms with van der Waals surface area (Å²) in [6.45, 7) is 8.86. The molecule has 1 aliphatic carbocycles. The first-order valence-corrected chi connectivity index (χ1v) is 10.2. The van der Waals surface area contributed by atoms with Crippen LogP contribution >= 0.6 is 0 Å². The highest BCUT2D eigenvalue weighted by Gasteiger charge is 2.51. The van der Waals surface area contributed by atoms with Crippen molar-refractivity contribution in [3.63, 3.8) is 0 Å². The number of fused-ring (bicyclic) bond motifs is 1. The first kappa shape index (κ1) is 20.7. The summed E-state index contributed by atoms with van der Waals surface area (Å²) < 4.78 is 11.9. The number of aryl methyl sites for hydroxylation is 2. The second-order valence-electron chi connectivity index (χ2n) is 8.25. The van der Waals surface area contributed by atoms with Crippen LogP contribution in [0.1, 0.15) is 53.5 Å². The van der Waals surface area contributed by atoms with Crippen molar-refractivity contribution >= 4 is 0 Å². The van der Waals surface area contributed by atoms with Gasteiger partial charge in [0, 0.05) is 26.2 Å². The molecule has 27 heavy (non-hydrogen) atoms. The number of hydrogen-bond acceptors (Lipinski definition) is 5. The average Bonchev–Trinajstić information content (AvgIpc) is 3.02. The van der Waals surface area contributed by atoms with E-state index in [-0.39, 0.29) is 24.9 Å². The van der Waals surface area contributed by atoms with Gasteiger partial charge in [0.25, 0.3) is 0 Å². The van der Waals surface area contributed by atoms with Crippen LogP contribution in [0.4, 0.5) is 0 Å². The Bertz CT molecular complexity index is 662. The molecule has 152 valence electrons. The third kappa shape index (κ3) is 3.94. The Hall–Kier alpha value is -0.980. The van der Waals surface area contributed by atoms with Gasteiger partial charge in [0.15, 0.2) is 0 Å². The van der Waals surface area contributed by atoms with Crippen molar-refractivity contribution in [2.45, 2.75) is 77.4 Å². The minimum absolute atomic E-state index is 0.0754. The first-order valence-electron chi connectivity index (χ1n) is 10.2. The van der Waals surface area contributed by atoms with Crippen LogP contribution in [0.3, 0.4) is 0 Å². The van der Waals surface area contributed by atoms with E-state index < -0.39 is 0 Å². The smallest absolute Gasteiger partial charge is 0.0847 e. The van der Waals surface area contributed by atoms with E-state index >= 15 is 0 Å². The summed E-state index contributed by atoms with van der Waals surface area (Å²) in [6.07, 6.45) is 4.20. The summed E-state index contributed by atoms with van der Waals surface area (Å²) in [5.41, 5.74) is 5.98. The van der Waals surface area contributed by atoms with Gasteiger partial charge in [-0.15, -0.1) is 0 Å². The van der Waals surface area contributed by atoms with E-state index in [1.807, 2.05) is 7.11 Å². The fourth-order valence-electron chi connectivity index (χ4n) is 5.28. The maximum atomic E-state index is 9.79. The highest BCUT2D eigenvalue weighted by atomic mass is 16.5. The molecule has 0 spiro atoms. The molecule has 2 N–H and O–H groups in total. The van der Waals surface area contributed by atoms with Gasteiger partial charge < -0.3 is 19.7 Å². The lowest BCUT2D eigenvalue weighted by atomic mass is 9.79. The summed E-state index contributed by atoms with van der Waals surface area (Å²) in [6, 6.07) is 2.53. The van der Waals surface area contributed by atoms with E-state index in [1.54, 1.807) is 0 Å². The van der Waals surface area contributed by atoms with Crippen molar-refractivity contribution in [2.75, 3.05) is 26.9 Å². The maximum Gasteiger partial charge on any atom is 0.0847 e. The summed E-state index contributed by atoms with van der Waals surface area (Å²) in [7, 11) is 1.84. The van der Waals surface area contributed by atoms with Crippen molar-refractivity contribution in [1.29, 1.82) is 0 Å². The number of rotatable bonds is 7. The van der Waals surface area contributed by atoms with Crippen LogP contribution in [-0.4, -0.2) is 59.7 Å². The van der Waals surface area contributed by atoms with E-state index in [0.29, 0.717) is 12.6 Å². The van der Waals surface area contributed by atoms with Crippen LogP contribution in [0.15, 0.2) is 6.07 Å². The lowest BCUT2D eigenvalue weighted by Gasteiger charge is -2.44. The lowest BCUT2D eigenvalue weighted by molar-refractivity contribution is -0.104. The standard InChI is InChI=1S/C22H35NO4/c1-15-11-16(2)20(14-25)17(3)19(15)13-23-8-7-22(26-4)6-5-18(12-21(22)23)27-10-9-24/h11,18,21,24-25H,5-10,12-14H2,1-4H3/t18?,21?,22-/m1/s1. The van der Waals surface area contributed by atoms with Gasteiger partial charge in [-0.3, -0.25) is 4.90 Å². The Morgan fingerprint density at radius 2 is 1.89 bits per heavy atom. The molecule has 0 amide bonds. The van der Waals surface area contributed by atoms with Crippen molar-refractivity contribution < 1.29 is 19.7 Å². The summed E-state index contributed by atoms with van der Waals surface area (Å²) in [4.78, 5) is 2.55. The molecular weight excluding hydrogens is 342 g/mol. The molecule has 2 fully saturated rings. The predicted molar refractivity (Wildman–Crippen MR) is 106 cm³/mol. The number of ether oxygens (including phenoxy) is 2. The SMILES string of the molecule is CO[C@@]12CCC(OCCO)CC1N(Cc1c(C)cc(C)c(CO)c1C)CC2. The van der Waals surface area contributed by atoms with Gasteiger partial charge in [0.1, 0.15) is 0 Å². The molecule has 1 aliphatic heterocycles. The van der Waals surface area contributed by atoms with E-state index in [0.717, 1.165) is 44.3 Å². The van der Waals surface area contributed by atoms with Crippen molar-refractivity contribution in [3.8, 4) is 0 Å². The molecule has 1 saturated carbocycles. The third-order valence-electron chi connectivity index (χ3n) is 6.91. The van der Waals surface area contributed by atoms with E-state index in [2.05, 4.69) is 31.7 Å². The molecular formula is C22H35NO4. The van der Waals surface area contributed by atoms with E-state index in [4.69, 9.17) is 14.6 Å². The molecule has 2 aliphatic rings. The monoisotopic (exact) mass is 377 g/mol. The third-order valence-corrected chi connectivity index (χ3v) is 6.91. The van der Waals surface area contributed by atoms with Crippen LogP contribution in [0.2, 0.25) is 0 Å². The Balaban J connectivity index is 1.83. The van der Waals surface area contributed by atoms with Crippen molar-refractivity contribution in [1.82, 2.24) is 4.90 Å². The molecule has 0 radical (unpaired) electrons. The number of hydrogen-bond donors (Lipinski definition) is 2. The quantitative estimate of drug-likeness (QED) is 0.765. The zero-order valence-corrected chi connectivity index (χ0v) is 17.3. The highest BCUT2D eigenvalue weighted by molar-refractivity contribution is 5.44. The lowest BCUT2D eigenvalue weighted by Crippen LogP contribution is -2.51. The van der Waals surface area contributed by atoms with Gasteiger partial charge in [-0.1, -0.05) is 6.07 Å². The fourth-order valence-corrected chi connectivity index (χ4v) is 5.28. The number of benzene rings is 1. The van der Waals surface area contributed by atoms with Crippen LogP contribution in [0.5, 0.6) is 0 Å². The molecule has 0 bridgehead atoms. The molecule has 5 heteroatoms. The van der Waals surface area contributed by atoms with E-state index in [9.17, 15) is 5.11 Å². The Morgan fingerprint density at radius 1 is 1.15 bits per heavy atom. The fraction of sp³-hybridized carbons (Fsp3) is 0.727. The van der Waals surface area contributed by atoms with Gasteiger partial charge in [0.2, 0.25) is 0 Å². The second-order valence-corrected chi connectivity index (χ2v) is 8.25. The van der Waals surface area contributed by atoms with E-state index in [1.165, 1.54) is 22.3 Å². The molecule has 5 nitrogen and oxygen atoms in total. The molecule has 1 aromatic carbocycles. The molecule has 1 aromatic rings. The summed E-state index contributed by atoms with van der Waals surface area (Å²) in [5.74, 6) is 0. The number of likely N-dealkylation sites (tertiary alicyclic amines) is 1. The number of aliphatic hydroxyl groups excluding tert-OH is 2. The Kier molecular flexibility index (Phi) is 6.59. The highest BCUT2D eigenvalue weighted by Crippen LogP contribution is 2.44. The van der Waals surface area contributed by atoms with Gasteiger partial charge in [-0.25, -0.2) is 0 Å². The molecule has 0 aromatic heterocycles. The van der Waals surface area contributed by atoms with Crippen molar-refractivity contribution in [2.24, 2.45) is 0 Å². The molecule has 3 rings (SSSR count). The second kappa shape index (κ2) is 8.58. The largest absolute Gasteiger partial charge is 0.394 e. The number of methoxy groups -OCH3 is 1. The van der Waals surface area contributed by atoms with Crippen LogP contribution in [0.25, 0.3) is 0 Å². The van der Waals surface area contributed by atoms with Crippen LogP contribution in [-0.2, 0) is 22.6 Å². The summed E-state index contributed by atoms with van der Waals surface area (Å²) in [5, 5.41) is 18.9. The number of nitrogens with zero attached hydrogens (tertiary/aromatic N) is 1. The molecule has 1 heterocycles. The Morgan fingerprint density at radius 3 is 2.56 bits per heavy atom. The minimum atomic E-state index is -0.0780. The molecule has 3 atom stereocenters. The minimum Gasteiger partial charge on any atom is -0.394 e. The van der Waals surface area contributed by atoms with Crippen molar-refractivity contribution in [3.05, 3.63) is 33.9 Å². The zero-order valence-electron chi connectivity index (χ0n) is 17.3. The van der Waals surface area contributed by atoms with Crippen LogP contribution in [0, 0.1) is 20.8 Å². The van der Waals surface area contributed by atoms with Gasteiger partial charge >= 0.3 is 0 Å². The number of aliphatic hydroxyl groups is 2. The Labute approximate surface area is 163 Å². The van der Waals surface area contributed by atoms with Gasteiger partial charge in [-0.2, -0.15) is 0 Å². The van der Waals surface area contributed by atoms with Gasteiger partial charge in [-0.05, 0) is 74.3 Å². The van der Waals surface area contributed by atoms with Crippen LogP contribution < -0.4 is 0 Å². The normalized spacial score (nSPS) is 28.5. The zero-order chi connectivity index (χ0) is 19.6. The maximum absolute atomic E-state index is 9.79. The molecule has 1 saturated heterocycles. The molecule has 2 unspecified atom stereocenters. The first-order chi connectivity index (χ1) is 13.0. The summed E-state index contributed by atoms with van der Waals surface area (Å²) >= 11 is 0.